The van der Waals surface area contributed by atoms with Crippen molar-refractivity contribution in [3.63, 3.8) is 0 Å². The van der Waals surface area contributed by atoms with Crippen molar-refractivity contribution in [3.8, 4) is 0 Å². The van der Waals surface area contributed by atoms with Gasteiger partial charge in [-0.05, 0) is 44.2 Å². The first kappa shape index (κ1) is 22.1. The molecule has 3 fully saturated rings. The molecular weight excluding hydrogens is 418 g/mol. The van der Waals surface area contributed by atoms with Crippen LogP contribution in [0.2, 0.25) is 0 Å². The molecule has 1 N–H and O–H groups in total. The minimum absolute atomic E-state index is 0.127. The van der Waals surface area contributed by atoms with Gasteiger partial charge in [0.25, 0.3) is 5.91 Å². The molecule has 3 aliphatic heterocycles. The molecule has 0 spiro atoms. The van der Waals surface area contributed by atoms with E-state index in [1.165, 1.54) is 25.7 Å². The molecule has 0 unspecified atom stereocenters. The molecule has 9 nitrogen and oxygen atoms in total. The van der Waals surface area contributed by atoms with Gasteiger partial charge in [0.05, 0.1) is 12.1 Å². The number of aromatic nitrogens is 3. The number of nitrogens with one attached hydrogen (secondary N) is 1. The van der Waals surface area contributed by atoms with Crippen molar-refractivity contribution >= 4 is 28.7 Å². The van der Waals surface area contributed by atoms with E-state index < -0.39 is 0 Å². The number of nitrogens with zero attached hydrogens (tertiary/aromatic N) is 6. The van der Waals surface area contributed by atoms with Crippen LogP contribution in [0.4, 0.5) is 5.82 Å². The smallest absolute Gasteiger partial charge is 0.272 e. The number of fused-ring (bicyclic) bond motifs is 1. The number of rotatable bonds is 5. The van der Waals surface area contributed by atoms with Gasteiger partial charge >= 0.3 is 0 Å². The van der Waals surface area contributed by atoms with Crippen molar-refractivity contribution in [1.29, 1.82) is 0 Å². The summed E-state index contributed by atoms with van der Waals surface area (Å²) >= 11 is 0. The lowest BCUT2D eigenvalue weighted by Gasteiger charge is -2.34. The Morgan fingerprint density at radius 1 is 1.03 bits per heavy atom. The van der Waals surface area contributed by atoms with Gasteiger partial charge in [-0.3, -0.25) is 14.5 Å². The van der Waals surface area contributed by atoms with E-state index in [1.54, 1.807) is 4.68 Å². The predicted octanol–water partition coefficient (Wildman–Crippen LogP) is 2.12. The van der Waals surface area contributed by atoms with E-state index in [-0.39, 0.29) is 17.9 Å². The van der Waals surface area contributed by atoms with E-state index in [2.05, 4.69) is 20.2 Å². The molecule has 0 aromatic carbocycles. The van der Waals surface area contributed by atoms with Gasteiger partial charge in [-0.1, -0.05) is 12.8 Å². The van der Waals surface area contributed by atoms with E-state index in [9.17, 15) is 9.59 Å². The van der Waals surface area contributed by atoms with Crippen molar-refractivity contribution in [3.05, 3.63) is 17.8 Å². The fraction of sp³-hybridized carbons (Fsp3) is 0.667. The number of hydrogen-bond acceptors (Lipinski definition) is 6. The summed E-state index contributed by atoms with van der Waals surface area (Å²) in [5.41, 5.74) is 1.21. The third kappa shape index (κ3) is 4.83. The highest BCUT2D eigenvalue weighted by atomic mass is 16.2. The summed E-state index contributed by atoms with van der Waals surface area (Å²) in [5.74, 6) is 1.11. The third-order valence-corrected chi connectivity index (χ3v) is 7.28. The molecule has 0 radical (unpaired) electrons. The number of pyridine rings is 1. The summed E-state index contributed by atoms with van der Waals surface area (Å²) in [6.45, 7) is 5.44. The summed E-state index contributed by atoms with van der Waals surface area (Å²) in [6.07, 6.45) is 8.38. The SMILES string of the molecule is Cn1nc(C(=O)NC2CCN(CN3CCCC3=O)CC2)c2ccc(N3CCCCCC3)nc21. The van der Waals surface area contributed by atoms with E-state index >= 15 is 0 Å². The van der Waals surface area contributed by atoms with Gasteiger partial charge in [-0.2, -0.15) is 5.10 Å². The van der Waals surface area contributed by atoms with Crippen LogP contribution in [-0.4, -0.2) is 81.8 Å². The second kappa shape index (κ2) is 9.67. The van der Waals surface area contributed by atoms with Crippen LogP contribution >= 0.6 is 0 Å². The Morgan fingerprint density at radius 3 is 2.48 bits per heavy atom. The molecule has 0 bridgehead atoms. The maximum atomic E-state index is 13.1. The minimum atomic E-state index is -0.127. The Kier molecular flexibility index (Phi) is 6.48. The Hall–Kier alpha value is -2.68. The van der Waals surface area contributed by atoms with E-state index in [4.69, 9.17) is 4.98 Å². The standard InChI is InChI=1S/C24H35N7O2/c1-28-23-19(8-9-20(26-23)30-12-4-2-3-5-13-30)22(27-28)24(33)25-18-10-15-29(16-11-18)17-31-14-6-7-21(31)32/h8-9,18H,2-7,10-17H2,1H3,(H,25,33). The Balaban J connectivity index is 1.21. The average Bonchev–Trinajstić information content (AvgIpc) is 3.24. The van der Waals surface area contributed by atoms with Crippen molar-refractivity contribution in [2.24, 2.45) is 7.05 Å². The summed E-state index contributed by atoms with van der Waals surface area (Å²) in [7, 11) is 1.86. The van der Waals surface area contributed by atoms with Crippen molar-refractivity contribution < 1.29 is 9.59 Å². The molecule has 3 aliphatic rings. The van der Waals surface area contributed by atoms with Crippen LogP contribution in [-0.2, 0) is 11.8 Å². The number of amides is 2. The van der Waals surface area contributed by atoms with Crippen molar-refractivity contribution in [2.45, 2.75) is 57.4 Å². The second-order valence-electron chi connectivity index (χ2n) is 9.68. The molecule has 0 saturated carbocycles. The normalized spacial score (nSPS) is 21.1. The molecule has 2 amide bonds. The summed E-state index contributed by atoms with van der Waals surface area (Å²) in [6, 6.07) is 4.16. The van der Waals surface area contributed by atoms with E-state index in [1.807, 2.05) is 24.1 Å². The number of carbonyl (C=O) groups is 2. The van der Waals surface area contributed by atoms with Gasteiger partial charge in [0.1, 0.15) is 5.82 Å². The fourth-order valence-electron chi connectivity index (χ4n) is 5.33. The highest BCUT2D eigenvalue weighted by molar-refractivity contribution is 6.04. The van der Waals surface area contributed by atoms with Crippen LogP contribution in [0.1, 0.15) is 61.9 Å². The molecule has 3 saturated heterocycles. The third-order valence-electron chi connectivity index (χ3n) is 7.28. The number of carbonyl (C=O) groups excluding carboxylic acids is 2. The lowest BCUT2D eigenvalue weighted by atomic mass is 10.0. The number of anilines is 1. The van der Waals surface area contributed by atoms with E-state index in [0.717, 1.165) is 75.5 Å². The van der Waals surface area contributed by atoms with Crippen LogP contribution in [0.5, 0.6) is 0 Å². The zero-order valence-corrected chi connectivity index (χ0v) is 19.6. The Labute approximate surface area is 195 Å². The maximum Gasteiger partial charge on any atom is 0.272 e. The lowest BCUT2D eigenvalue weighted by molar-refractivity contribution is -0.129. The summed E-state index contributed by atoms with van der Waals surface area (Å²) in [4.78, 5) is 36.4. The van der Waals surface area contributed by atoms with Crippen molar-refractivity contribution in [2.75, 3.05) is 44.3 Å². The first-order valence-corrected chi connectivity index (χ1v) is 12.5. The highest BCUT2D eigenvalue weighted by Crippen LogP contribution is 2.23. The second-order valence-corrected chi connectivity index (χ2v) is 9.68. The molecular formula is C24H35N7O2. The fourth-order valence-corrected chi connectivity index (χ4v) is 5.33. The van der Waals surface area contributed by atoms with Crippen LogP contribution in [0.15, 0.2) is 12.1 Å². The Morgan fingerprint density at radius 2 is 1.79 bits per heavy atom. The molecule has 2 aromatic heterocycles. The molecule has 0 atom stereocenters. The molecule has 5 rings (SSSR count). The lowest BCUT2D eigenvalue weighted by Crippen LogP contribution is -2.48. The average molecular weight is 454 g/mol. The van der Waals surface area contributed by atoms with E-state index in [0.29, 0.717) is 12.1 Å². The zero-order chi connectivity index (χ0) is 22.8. The maximum absolute atomic E-state index is 13.1. The highest BCUT2D eigenvalue weighted by Gasteiger charge is 2.27. The zero-order valence-electron chi connectivity index (χ0n) is 19.6. The number of likely N-dealkylation sites (tertiary alicyclic amines) is 2. The quantitative estimate of drug-likeness (QED) is 0.746. The minimum Gasteiger partial charge on any atom is -0.357 e. The molecule has 2 aromatic rings. The topological polar surface area (TPSA) is 86.6 Å². The van der Waals surface area contributed by atoms with Gasteiger partial charge in [0.15, 0.2) is 11.3 Å². The van der Waals surface area contributed by atoms with Gasteiger partial charge in [-0.15, -0.1) is 0 Å². The number of hydrogen-bond donors (Lipinski definition) is 1. The van der Waals surface area contributed by atoms with Gasteiger partial charge in [0, 0.05) is 52.2 Å². The number of aryl methyl sites for hydroxylation is 1. The molecule has 5 heterocycles. The van der Waals surface area contributed by atoms with Gasteiger partial charge in [0.2, 0.25) is 5.91 Å². The Bertz CT molecular complexity index is 1000. The van der Waals surface area contributed by atoms with Crippen LogP contribution < -0.4 is 10.2 Å². The molecule has 178 valence electrons. The van der Waals surface area contributed by atoms with Gasteiger partial charge < -0.3 is 15.1 Å². The largest absolute Gasteiger partial charge is 0.357 e. The molecule has 33 heavy (non-hydrogen) atoms. The summed E-state index contributed by atoms with van der Waals surface area (Å²) in [5, 5.41) is 8.51. The first-order valence-electron chi connectivity index (χ1n) is 12.5. The predicted molar refractivity (Wildman–Crippen MR) is 127 cm³/mol. The molecule has 0 aliphatic carbocycles. The first-order chi connectivity index (χ1) is 16.1. The summed E-state index contributed by atoms with van der Waals surface area (Å²) < 4.78 is 1.72. The monoisotopic (exact) mass is 453 g/mol. The molecule has 9 heteroatoms. The van der Waals surface area contributed by atoms with Crippen LogP contribution in [0, 0.1) is 0 Å². The van der Waals surface area contributed by atoms with Crippen LogP contribution in [0.25, 0.3) is 11.0 Å². The van der Waals surface area contributed by atoms with Crippen LogP contribution in [0.3, 0.4) is 0 Å². The number of piperidine rings is 1. The van der Waals surface area contributed by atoms with Crippen molar-refractivity contribution in [1.82, 2.24) is 29.9 Å². The van der Waals surface area contributed by atoms with Gasteiger partial charge in [-0.25, -0.2) is 9.67 Å².